The van der Waals surface area contributed by atoms with E-state index in [2.05, 4.69) is 19.2 Å². The number of carbonyl (C=O) groups is 3. The minimum Gasteiger partial charge on any atom is -0.352 e. The number of fused-ring (bicyclic) bond motifs is 6. The predicted octanol–water partition coefficient (Wildman–Crippen LogP) is 7.04. The summed E-state index contributed by atoms with van der Waals surface area (Å²) in [7, 11) is 0. The molecule has 0 aliphatic carbocycles. The Balaban J connectivity index is 1.48. The van der Waals surface area contributed by atoms with Crippen LogP contribution in [0.15, 0.2) is 103 Å². The zero-order valence-electron chi connectivity index (χ0n) is 25.8. The molecular formula is C38H33N3O5. The van der Waals surface area contributed by atoms with Crippen molar-refractivity contribution in [1.29, 1.82) is 0 Å². The Morgan fingerprint density at radius 2 is 1.52 bits per heavy atom. The van der Waals surface area contributed by atoms with Gasteiger partial charge in [-0.3, -0.25) is 24.5 Å². The van der Waals surface area contributed by atoms with Crippen LogP contribution in [0.5, 0.6) is 0 Å². The highest BCUT2D eigenvalue weighted by Crippen LogP contribution is 2.58. The number of nitro groups is 1. The number of anilines is 2. The first kappa shape index (κ1) is 29.3. The van der Waals surface area contributed by atoms with Crippen molar-refractivity contribution in [2.24, 2.45) is 11.8 Å². The molecule has 0 radical (unpaired) electrons. The van der Waals surface area contributed by atoms with Crippen molar-refractivity contribution in [3.63, 3.8) is 0 Å². The molecule has 4 atom stereocenters. The van der Waals surface area contributed by atoms with Gasteiger partial charge in [0.2, 0.25) is 5.91 Å². The molecule has 46 heavy (non-hydrogen) atoms. The SMILES string of the molecule is CC1=C[C@H]2N(c3ccccc31)[C@H](C(=O)c1ccc([N+](=O)[O-])cc1)[C@@H](C(=O)c1ccc(CC(C)C)cc1)[C@]21C(=O)Nc2ccccc21. The van der Waals surface area contributed by atoms with Gasteiger partial charge >= 0.3 is 0 Å². The molecule has 1 spiro atoms. The van der Waals surface area contributed by atoms with Crippen LogP contribution < -0.4 is 10.2 Å². The number of carbonyl (C=O) groups excluding carboxylic acids is 3. The Morgan fingerprint density at radius 1 is 0.891 bits per heavy atom. The highest BCUT2D eigenvalue weighted by molar-refractivity contribution is 6.18. The van der Waals surface area contributed by atoms with Crippen LogP contribution in [-0.4, -0.2) is 34.5 Å². The van der Waals surface area contributed by atoms with E-state index in [1.807, 2.05) is 78.6 Å². The molecule has 7 rings (SSSR count). The largest absolute Gasteiger partial charge is 0.352 e. The first-order chi connectivity index (χ1) is 22.1. The zero-order valence-corrected chi connectivity index (χ0v) is 25.8. The van der Waals surface area contributed by atoms with Gasteiger partial charge in [0, 0.05) is 40.2 Å². The molecule has 4 aromatic carbocycles. The number of hydrogen-bond donors (Lipinski definition) is 1. The third-order valence-electron chi connectivity index (χ3n) is 9.68. The van der Waals surface area contributed by atoms with E-state index in [0.717, 1.165) is 28.8 Å². The topological polar surface area (TPSA) is 110 Å². The van der Waals surface area contributed by atoms with Gasteiger partial charge in [-0.1, -0.05) is 80.6 Å². The summed E-state index contributed by atoms with van der Waals surface area (Å²) in [6, 6.07) is 26.3. The van der Waals surface area contributed by atoms with Crippen molar-refractivity contribution in [1.82, 2.24) is 0 Å². The van der Waals surface area contributed by atoms with Crippen molar-refractivity contribution < 1.29 is 19.3 Å². The standard InChI is InChI=1S/C38H33N3O5/c1-22(2)20-24-12-14-25(15-13-24)35(42)33-34(36(43)26-16-18-27(19-17-26)41(45)46)40-31-11-7-4-8-28(31)23(3)21-32(40)38(33)29-9-5-6-10-30(29)39-37(38)44/h4-19,21-22,32-34H,20H2,1-3H3,(H,39,44)/t32-,33+,34+,38-/m1/s1. The summed E-state index contributed by atoms with van der Waals surface area (Å²) in [6.07, 6.45) is 2.87. The van der Waals surface area contributed by atoms with E-state index in [1.54, 1.807) is 12.1 Å². The Labute approximate surface area is 266 Å². The molecule has 0 aromatic heterocycles. The second-order valence-electron chi connectivity index (χ2n) is 12.8. The molecule has 3 aliphatic rings. The van der Waals surface area contributed by atoms with Crippen LogP contribution in [0.4, 0.5) is 17.1 Å². The number of hydrogen-bond acceptors (Lipinski definition) is 6. The van der Waals surface area contributed by atoms with Crippen LogP contribution in [0.2, 0.25) is 0 Å². The van der Waals surface area contributed by atoms with E-state index >= 15 is 4.79 Å². The van der Waals surface area contributed by atoms with Crippen molar-refractivity contribution in [3.8, 4) is 0 Å². The molecular weight excluding hydrogens is 578 g/mol. The molecule has 1 fully saturated rings. The quantitative estimate of drug-likeness (QED) is 0.136. The number of benzene rings is 4. The van der Waals surface area contributed by atoms with Crippen LogP contribution >= 0.6 is 0 Å². The number of nitrogens with zero attached hydrogens (tertiary/aromatic N) is 2. The first-order valence-corrected chi connectivity index (χ1v) is 15.5. The van der Waals surface area contributed by atoms with Crippen molar-refractivity contribution in [2.75, 3.05) is 10.2 Å². The third-order valence-corrected chi connectivity index (χ3v) is 9.68. The van der Waals surface area contributed by atoms with Gasteiger partial charge < -0.3 is 10.2 Å². The maximum absolute atomic E-state index is 15.1. The van der Waals surface area contributed by atoms with Gasteiger partial charge in [-0.25, -0.2) is 0 Å². The minimum atomic E-state index is -1.43. The normalized spacial score (nSPS) is 22.6. The molecule has 1 saturated heterocycles. The summed E-state index contributed by atoms with van der Waals surface area (Å²) in [4.78, 5) is 57.3. The van der Waals surface area contributed by atoms with Gasteiger partial charge in [0.15, 0.2) is 11.6 Å². The minimum absolute atomic E-state index is 0.141. The molecule has 1 N–H and O–H groups in total. The van der Waals surface area contributed by atoms with Gasteiger partial charge in [0.05, 0.1) is 16.9 Å². The monoisotopic (exact) mass is 611 g/mol. The number of Topliss-reactive ketones (excluding diaryl/α,β-unsaturated/α-hetero) is 2. The van der Waals surface area contributed by atoms with Crippen LogP contribution in [0.1, 0.15) is 58.2 Å². The predicted molar refractivity (Wildman–Crippen MR) is 177 cm³/mol. The highest BCUT2D eigenvalue weighted by Gasteiger charge is 2.70. The zero-order chi connectivity index (χ0) is 32.3. The smallest absolute Gasteiger partial charge is 0.269 e. The van der Waals surface area contributed by atoms with E-state index in [1.165, 1.54) is 24.3 Å². The van der Waals surface area contributed by atoms with Crippen molar-refractivity contribution >= 4 is 40.1 Å². The average Bonchev–Trinajstić information content (AvgIpc) is 3.52. The van der Waals surface area contributed by atoms with E-state index < -0.39 is 28.3 Å². The molecule has 230 valence electrons. The molecule has 4 aromatic rings. The Kier molecular flexibility index (Phi) is 6.96. The number of nitrogens with one attached hydrogen (secondary N) is 1. The lowest BCUT2D eigenvalue weighted by Crippen LogP contribution is -2.51. The van der Waals surface area contributed by atoms with E-state index in [0.29, 0.717) is 22.7 Å². The Morgan fingerprint density at radius 3 is 2.22 bits per heavy atom. The summed E-state index contributed by atoms with van der Waals surface area (Å²) in [5.41, 5.74) is 4.08. The summed E-state index contributed by atoms with van der Waals surface area (Å²) < 4.78 is 0. The number of rotatable bonds is 7. The van der Waals surface area contributed by atoms with E-state index in [4.69, 9.17) is 0 Å². The van der Waals surface area contributed by atoms with Gasteiger partial charge in [0.25, 0.3) is 5.69 Å². The lowest BCUT2D eigenvalue weighted by atomic mass is 9.64. The number of nitro benzene ring substituents is 1. The molecule has 0 unspecified atom stereocenters. The fourth-order valence-electron chi connectivity index (χ4n) is 7.76. The molecule has 0 saturated carbocycles. The molecule has 1 amide bonds. The maximum atomic E-state index is 15.1. The summed E-state index contributed by atoms with van der Waals surface area (Å²) in [5.74, 6) is -1.70. The number of para-hydroxylation sites is 2. The molecule has 3 aliphatic heterocycles. The summed E-state index contributed by atoms with van der Waals surface area (Å²) in [5, 5.41) is 14.5. The van der Waals surface area contributed by atoms with Gasteiger partial charge in [-0.2, -0.15) is 0 Å². The maximum Gasteiger partial charge on any atom is 0.269 e. The van der Waals surface area contributed by atoms with E-state index in [-0.39, 0.29) is 28.7 Å². The molecule has 0 bridgehead atoms. The second kappa shape index (κ2) is 10.9. The van der Waals surface area contributed by atoms with Crippen molar-refractivity contribution in [3.05, 3.63) is 141 Å². The summed E-state index contributed by atoms with van der Waals surface area (Å²) in [6.45, 7) is 6.25. The molecule has 8 heteroatoms. The average molecular weight is 612 g/mol. The third kappa shape index (κ3) is 4.31. The van der Waals surface area contributed by atoms with Crippen LogP contribution in [0, 0.1) is 22.0 Å². The van der Waals surface area contributed by atoms with Crippen LogP contribution in [0.25, 0.3) is 5.57 Å². The van der Waals surface area contributed by atoms with Crippen LogP contribution in [-0.2, 0) is 16.6 Å². The Hall–Kier alpha value is -5.37. The van der Waals surface area contributed by atoms with Crippen LogP contribution in [0.3, 0.4) is 0 Å². The highest BCUT2D eigenvalue weighted by atomic mass is 16.6. The van der Waals surface area contributed by atoms with E-state index in [9.17, 15) is 19.7 Å². The number of allylic oxidation sites excluding steroid dienone is 1. The fourth-order valence-corrected chi connectivity index (χ4v) is 7.76. The lowest BCUT2D eigenvalue weighted by Gasteiger charge is -2.39. The van der Waals surface area contributed by atoms with Gasteiger partial charge in [-0.05, 0) is 60.2 Å². The number of ketones is 2. The van der Waals surface area contributed by atoms with Gasteiger partial charge in [0.1, 0.15) is 11.5 Å². The van der Waals surface area contributed by atoms with Gasteiger partial charge in [-0.15, -0.1) is 0 Å². The fraction of sp³-hybridized carbons (Fsp3) is 0.237. The lowest BCUT2D eigenvalue weighted by molar-refractivity contribution is -0.384. The summed E-state index contributed by atoms with van der Waals surface area (Å²) >= 11 is 0. The second-order valence-corrected chi connectivity index (χ2v) is 12.8. The number of non-ortho nitro benzene ring substituents is 1. The first-order valence-electron chi connectivity index (χ1n) is 15.5. The Bertz CT molecular complexity index is 1950. The molecule has 3 heterocycles. The number of amides is 1. The molecule has 8 nitrogen and oxygen atoms in total. The van der Waals surface area contributed by atoms with Crippen molar-refractivity contribution in [2.45, 2.75) is 44.7 Å².